The minimum Gasteiger partial charge on any atom is -0.469 e. The van der Waals surface area contributed by atoms with Crippen LogP contribution in [0.3, 0.4) is 0 Å². The van der Waals surface area contributed by atoms with Crippen molar-refractivity contribution in [2.45, 2.75) is 87.1 Å². The number of hydrogen-bond donors (Lipinski definition) is 3. The van der Waals surface area contributed by atoms with E-state index in [0.29, 0.717) is 25.9 Å². The van der Waals surface area contributed by atoms with E-state index >= 15 is 0 Å². The monoisotopic (exact) mass is 700 g/mol. The maximum absolute atomic E-state index is 13.9. The third kappa shape index (κ3) is 4.53. The van der Waals surface area contributed by atoms with E-state index in [1.807, 2.05) is 0 Å². The van der Waals surface area contributed by atoms with Gasteiger partial charge in [0, 0.05) is 76.4 Å². The van der Waals surface area contributed by atoms with Crippen LogP contribution in [0, 0.1) is 34.5 Å². The number of piperidine rings is 1. The van der Waals surface area contributed by atoms with Gasteiger partial charge in [0.2, 0.25) is 5.91 Å². The lowest BCUT2D eigenvalue weighted by molar-refractivity contribution is -0.320. The number of anilines is 1. The number of ether oxygens (including phenoxy) is 6. The molecule has 6 aliphatic rings. The summed E-state index contributed by atoms with van der Waals surface area (Å²) in [4.78, 5) is 40.5. The molecule has 1 aromatic carbocycles. The van der Waals surface area contributed by atoms with Crippen LogP contribution in [0.15, 0.2) is 24.3 Å². The summed E-state index contributed by atoms with van der Waals surface area (Å²) >= 11 is 0. The van der Waals surface area contributed by atoms with E-state index in [2.05, 4.69) is 21.9 Å². The van der Waals surface area contributed by atoms with Crippen LogP contribution in [0.1, 0.15) is 55.8 Å². The van der Waals surface area contributed by atoms with Crippen LogP contribution in [0.5, 0.6) is 0 Å². The Hall–Kier alpha value is -2.65. The molecule has 13 atom stereocenters. The SMILES string of the molecule is CCN1C[C@]2(COC(=O)c3ccccc3NC(=O)CCC(=O)OC)CC[C@H](OC)C34C1C(O)([C@@H](OC)[C@@H]32)[C@@]1(O)C[C@H](OC)C2C[C@H]4[C@@H]1[C@H]2OC. The summed E-state index contributed by atoms with van der Waals surface area (Å²) in [5, 5.41) is 29.3. The first-order valence-electron chi connectivity index (χ1n) is 17.9. The van der Waals surface area contributed by atoms with E-state index in [4.69, 9.17) is 23.7 Å². The first kappa shape index (κ1) is 35.7. The molecule has 7 bridgehead atoms. The highest BCUT2D eigenvalue weighted by molar-refractivity contribution is 6.01. The number of amides is 1. The molecule has 5 aliphatic carbocycles. The topological polar surface area (TPSA) is 162 Å². The standard InChI is InChI=1S/C37H52N2O11/c1-7-39-18-34(19-50-32(42)20-10-8-9-11-23(20)38-26(40)12-13-27(41)47-4)15-14-25(46-3)36-22-16-21-24(45-2)17-35(43,28(22)29(21)48-5)37(44,33(36)39)31(49-6)30(34)36/h8-11,21-22,24-25,28-31,33,43-44H,7,12-19H2,1-6H3,(H,38,40)/t21?,22-,24-,25-,28+,29-,30+,31-,33?,34-,35+,36?,37?/m0/s1. The van der Waals surface area contributed by atoms with Gasteiger partial charge in [-0.1, -0.05) is 19.1 Å². The van der Waals surface area contributed by atoms with Gasteiger partial charge < -0.3 is 44.0 Å². The molecule has 1 saturated heterocycles. The Balaban J connectivity index is 1.27. The second kappa shape index (κ2) is 12.8. The fraction of sp³-hybridized carbons (Fsp3) is 0.757. The number of carbonyl (C=O) groups excluding carboxylic acids is 3. The number of rotatable bonds is 12. The Morgan fingerprint density at radius 2 is 1.76 bits per heavy atom. The lowest BCUT2D eigenvalue weighted by atomic mass is 9.42. The lowest BCUT2D eigenvalue weighted by Gasteiger charge is -2.70. The summed E-state index contributed by atoms with van der Waals surface area (Å²) < 4.78 is 35.9. The van der Waals surface area contributed by atoms with Crippen LogP contribution in [0.4, 0.5) is 5.69 Å². The number of nitrogens with zero attached hydrogens (tertiary/aromatic N) is 1. The van der Waals surface area contributed by atoms with Crippen LogP contribution in [-0.4, -0.2) is 130 Å². The molecule has 0 radical (unpaired) electrons. The van der Waals surface area contributed by atoms with Gasteiger partial charge >= 0.3 is 11.9 Å². The van der Waals surface area contributed by atoms with E-state index in [-0.39, 0.29) is 79.1 Å². The summed E-state index contributed by atoms with van der Waals surface area (Å²) in [6.45, 7) is 3.25. The number of aliphatic hydroxyl groups is 2. The maximum Gasteiger partial charge on any atom is 0.340 e. The third-order valence-corrected chi connectivity index (χ3v) is 14.0. The van der Waals surface area contributed by atoms with Crippen molar-refractivity contribution < 1.29 is 53.0 Å². The van der Waals surface area contributed by atoms with E-state index < -0.39 is 52.0 Å². The summed E-state index contributed by atoms with van der Waals surface area (Å²) in [5.74, 6) is -2.23. The normalized spacial score (nSPS) is 43.7. The van der Waals surface area contributed by atoms with E-state index in [1.165, 1.54) is 7.11 Å². The van der Waals surface area contributed by atoms with Crippen molar-refractivity contribution in [2.75, 3.05) is 60.6 Å². The van der Waals surface area contributed by atoms with Crippen LogP contribution in [0.25, 0.3) is 0 Å². The highest BCUT2D eigenvalue weighted by Gasteiger charge is 2.91. The van der Waals surface area contributed by atoms with Gasteiger partial charge in [-0.2, -0.15) is 0 Å². The largest absolute Gasteiger partial charge is 0.469 e. The van der Waals surface area contributed by atoms with E-state index in [9.17, 15) is 24.6 Å². The first-order valence-corrected chi connectivity index (χ1v) is 17.9. The number of likely N-dealkylation sites (tertiary alicyclic amines) is 1. The molecule has 5 saturated carbocycles. The van der Waals surface area contributed by atoms with Gasteiger partial charge in [-0.05, 0) is 43.9 Å². The Morgan fingerprint density at radius 3 is 2.42 bits per heavy atom. The molecule has 1 spiro atoms. The number of benzene rings is 1. The zero-order valence-electron chi connectivity index (χ0n) is 29.9. The summed E-state index contributed by atoms with van der Waals surface area (Å²) in [6, 6.07) is 6.17. The zero-order chi connectivity index (χ0) is 35.8. The van der Waals surface area contributed by atoms with Gasteiger partial charge in [-0.25, -0.2) is 4.79 Å². The molecule has 1 aliphatic heterocycles. The molecular weight excluding hydrogens is 648 g/mol. The van der Waals surface area contributed by atoms with Crippen molar-refractivity contribution in [1.29, 1.82) is 0 Å². The van der Waals surface area contributed by atoms with Crippen molar-refractivity contribution >= 4 is 23.5 Å². The fourth-order valence-corrected chi connectivity index (χ4v) is 12.6. The molecular formula is C37H52N2O11. The average Bonchev–Trinajstić information content (AvgIpc) is 3.54. The minimum absolute atomic E-state index is 0.0420. The van der Waals surface area contributed by atoms with Crippen LogP contribution >= 0.6 is 0 Å². The van der Waals surface area contributed by atoms with Crippen molar-refractivity contribution in [3.63, 3.8) is 0 Å². The zero-order valence-corrected chi connectivity index (χ0v) is 29.9. The first-order chi connectivity index (χ1) is 24.0. The van der Waals surface area contributed by atoms with Gasteiger partial charge in [0.25, 0.3) is 0 Å². The smallest absolute Gasteiger partial charge is 0.340 e. The molecule has 0 aromatic heterocycles. The highest BCUT2D eigenvalue weighted by atomic mass is 16.5. The predicted octanol–water partition coefficient (Wildman–Crippen LogP) is 2.03. The number of nitrogens with one attached hydrogen (secondary N) is 1. The summed E-state index contributed by atoms with van der Waals surface area (Å²) in [6.07, 6.45) is 0.548. The second-order valence-corrected chi connectivity index (χ2v) is 15.4. The van der Waals surface area contributed by atoms with Crippen molar-refractivity contribution in [3.8, 4) is 0 Å². The molecule has 50 heavy (non-hydrogen) atoms. The van der Waals surface area contributed by atoms with Crippen molar-refractivity contribution in [2.24, 2.45) is 34.5 Å². The maximum atomic E-state index is 13.9. The van der Waals surface area contributed by atoms with E-state index in [1.54, 1.807) is 52.7 Å². The van der Waals surface area contributed by atoms with Crippen LogP contribution in [0.2, 0.25) is 0 Å². The predicted molar refractivity (Wildman–Crippen MR) is 178 cm³/mol. The molecule has 1 aromatic rings. The molecule has 3 N–H and O–H groups in total. The van der Waals surface area contributed by atoms with Crippen LogP contribution in [-0.2, 0) is 38.0 Å². The number of likely N-dealkylation sites (N-methyl/N-ethyl adjacent to an activating group) is 1. The minimum atomic E-state index is -1.69. The lowest BCUT2D eigenvalue weighted by Crippen LogP contribution is -2.82. The quantitative estimate of drug-likeness (QED) is 0.273. The Labute approximate surface area is 293 Å². The van der Waals surface area contributed by atoms with Gasteiger partial charge in [-0.15, -0.1) is 0 Å². The molecule has 13 heteroatoms. The number of para-hydroxylation sites is 1. The van der Waals surface area contributed by atoms with Gasteiger partial charge in [0.1, 0.15) is 11.2 Å². The average molecular weight is 701 g/mol. The summed E-state index contributed by atoms with van der Waals surface area (Å²) in [5.41, 5.74) is -4.06. The molecule has 7 rings (SSSR count). The Kier molecular flexibility index (Phi) is 9.14. The fourth-order valence-electron chi connectivity index (χ4n) is 12.6. The Morgan fingerprint density at radius 1 is 1.00 bits per heavy atom. The third-order valence-electron chi connectivity index (χ3n) is 14.0. The molecule has 1 heterocycles. The molecule has 4 unspecified atom stereocenters. The molecule has 6 fully saturated rings. The number of esters is 2. The van der Waals surface area contributed by atoms with Crippen LogP contribution < -0.4 is 5.32 Å². The number of fused-ring (bicyclic) bond motifs is 2. The van der Waals surface area contributed by atoms with Gasteiger partial charge in [0.05, 0.1) is 61.8 Å². The summed E-state index contributed by atoms with van der Waals surface area (Å²) in [7, 11) is 7.95. The van der Waals surface area contributed by atoms with Crippen molar-refractivity contribution in [3.05, 3.63) is 29.8 Å². The molecule has 276 valence electrons. The van der Waals surface area contributed by atoms with Gasteiger partial charge in [-0.3, -0.25) is 14.5 Å². The highest BCUT2D eigenvalue weighted by Crippen LogP contribution is 2.80. The number of methoxy groups -OCH3 is 5. The molecule has 1 amide bonds. The van der Waals surface area contributed by atoms with E-state index in [0.717, 1.165) is 6.42 Å². The second-order valence-electron chi connectivity index (χ2n) is 15.4. The Bertz CT molecular complexity index is 1510. The number of hydrogen-bond acceptors (Lipinski definition) is 12. The van der Waals surface area contributed by atoms with Gasteiger partial charge in [0.15, 0.2) is 0 Å². The number of carbonyl (C=O) groups is 3. The molecule has 13 nitrogen and oxygen atoms in total. The van der Waals surface area contributed by atoms with Crippen molar-refractivity contribution in [1.82, 2.24) is 4.90 Å².